The first kappa shape index (κ1) is 12.2. The van der Waals surface area contributed by atoms with Crippen LogP contribution in [-0.2, 0) is 13.5 Å². The molecule has 0 aromatic carbocycles. The molecule has 1 heterocycles. The van der Waals surface area contributed by atoms with Crippen molar-refractivity contribution in [3.05, 3.63) is 11.6 Å². The smallest absolute Gasteiger partial charge is 0.151 e. The summed E-state index contributed by atoms with van der Waals surface area (Å²) in [6.45, 7) is 6.47. The number of nitrogens with zero attached hydrogens (tertiary/aromatic N) is 3. The minimum atomic E-state index is 0.00751. The van der Waals surface area contributed by atoms with E-state index in [1.807, 2.05) is 11.7 Å². The second kappa shape index (κ2) is 5.26. The monoisotopic (exact) mass is 210 g/mol. The quantitative estimate of drug-likeness (QED) is 0.806. The lowest BCUT2D eigenvalue weighted by atomic mass is 10.0. The normalized spacial score (nSPS) is 13.5. The first-order valence-electron chi connectivity index (χ1n) is 5.70. The van der Waals surface area contributed by atoms with Crippen LogP contribution in [-0.4, -0.2) is 14.8 Å². The van der Waals surface area contributed by atoms with Crippen LogP contribution in [0.5, 0.6) is 0 Å². The van der Waals surface area contributed by atoms with Gasteiger partial charge in [-0.25, -0.2) is 4.98 Å². The van der Waals surface area contributed by atoms with Gasteiger partial charge in [0.2, 0.25) is 0 Å². The number of nitrogens with two attached hydrogens (primary N) is 1. The molecule has 15 heavy (non-hydrogen) atoms. The van der Waals surface area contributed by atoms with Gasteiger partial charge in [0.05, 0.1) is 6.04 Å². The lowest BCUT2D eigenvalue weighted by Crippen LogP contribution is -2.17. The van der Waals surface area contributed by atoms with Gasteiger partial charge in [0.25, 0.3) is 0 Å². The fourth-order valence-electron chi connectivity index (χ4n) is 1.72. The van der Waals surface area contributed by atoms with Gasteiger partial charge in [-0.1, -0.05) is 20.8 Å². The van der Waals surface area contributed by atoms with E-state index in [1.54, 1.807) is 0 Å². The molecule has 0 aliphatic carbocycles. The summed E-state index contributed by atoms with van der Waals surface area (Å²) in [5.74, 6) is 2.41. The number of rotatable bonds is 5. The lowest BCUT2D eigenvalue weighted by Gasteiger charge is -2.12. The highest BCUT2D eigenvalue weighted by Gasteiger charge is 2.15. The van der Waals surface area contributed by atoms with Crippen molar-refractivity contribution in [2.24, 2.45) is 18.7 Å². The summed E-state index contributed by atoms with van der Waals surface area (Å²) in [5.41, 5.74) is 6.08. The summed E-state index contributed by atoms with van der Waals surface area (Å²) >= 11 is 0. The summed E-state index contributed by atoms with van der Waals surface area (Å²) in [4.78, 5) is 4.48. The van der Waals surface area contributed by atoms with E-state index in [1.165, 1.54) is 0 Å². The van der Waals surface area contributed by atoms with Crippen molar-refractivity contribution in [3.63, 3.8) is 0 Å². The van der Waals surface area contributed by atoms with E-state index in [0.717, 1.165) is 30.9 Å². The molecule has 1 aromatic rings. The van der Waals surface area contributed by atoms with Gasteiger partial charge in [-0.3, -0.25) is 4.68 Å². The van der Waals surface area contributed by atoms with E-state index in [4.69, 9.17) is 5.73 Å². The molecule has 0 saturated carbocycles. The molecule has 0 fully saturated rings. The first-order valence-corrected chi connectivity index (χ1v) is 5.70. The Morgan fingerprint density at radius 3 is 2.60 bits per heavy atom. The van der Waals surface area contributed by atoms with E-state index in [2.05, 4.69) is 30.9 Å². The second-order valence-electron chi connectivity index (χ2n) is 4.50. The van der Waals surface area contributed by atoms with Crippen molar-refractivity contribution in [1.29, 1.82) is 0 Å². The first-order chi connectivity index (χ1) is 7.04. The van der Waals surface area contributed by atoms with Crippen LogP contribution in [0.4, 0.5) is 0 Å². The predicted molar refractivity (Wildman–Crippen MR) is 61.4 cm³/mol. The molecule has 0 aliphatic heterocycles. The average Bonchev–Trinajstić information content (AvgIpc) is 2.46. The van der Waals surface area contributed by atoms with Crippen molar-refractivity contribution < 1.29 is 0 Å². The molecule has 2 N–H and O–H groups in total. The summed E-state index contributed by atoms with van der Waals surface area (Å²) in [5, 5.41) is 4.35. The summed E-state index contributed by atoms with van der Waals surface area (Å²) in [6.07, 6.45) is 2.96. The van der Waals surface area contributed by atoms with Gasteiger partial charge in [0.1, 0.15) is 5.82 Å². The van der Waals surface area contributed by atoms with E-state index in [9.17, 15) is 0 Å². The van der Waals surface area contributed by atoms with Crippen LogP contribution >= 0.6 is 0 Å². The highest BCUT2D eigenvalue weighted by atomic mass is 15.3. The van der Waals surface area contributed by atoms with Gasteiger partial charge in [-0.05, 0) is 18.8 Å². The molecule has 4 heteroatoms. The van der Waals surface area contributed by atoms with Crippen molar-refractivity contribution in [2.75, 3.05) is 0 Å². The molecule has 0 bridgehead atoms. The molecule has 0 aliphatic rings. The Kier molecular flexibility index (Phi) is 4.27. The van der Waals surface area contributed by atoms with Crippen LogP contribution in [0.1, 0.15) is 51.3 Å². The van der Waals surface area contributed by atoms with Gasteiger partial charge in [-0.15, -0.1) is 0 Å². The standard InChI is InChI=1S/C11H22N4/c1-5-6-10-13-11(15(4)14-10)9(12)7-8(2)3/h8-9H,5-7,12H2,1-4H3. The van der Waals surface area contributed by atoms with Crippen LogP contribution in [0.3, 0.4) is 0 Å². The summed E-state index contributed by atoms with van der Waals surface area (Å²) in [6, 6.07) is 0.00751. The fourth-order valence-corrected chi connectivity index (χ4v) is 1.72. The molecule has 0 radical (unpaired) electrons. The highest BCUT2D eigenvalue weighted by Crippen LogP contribution is 2.16. The molecule has 1 atom stereocenters. The topological polar surface area (TPSA) is 56.7 Å². The molecular formula is C11H22N4. The van der Waals surface area contributed by atoms with Gasteiger partial charge in [0.15, 0.2) is 5.82 Å². The van der Waals surface area contributed by atoms with Crippen LogP contribution < -0.4 is 5.73 Å². The van der Waals surface area contributed by atoms with Gasteiger partial charge < -0.3 is 5.73 Å². The Hall–Kier alpha value is -0.900. The lowest BCUT2D eigenvalue weighted by molar-refractivity contribution is 0.477. The third-order valence-electron chi connectivity index (χ3n) is 2.37. The minimum absolute atomic E-state index is 0.00751. The Morgan fingerprint density at radius 2 is 2.07 bits per heavy atom. The van der Waals surface area contributed by atoms with E-state index in [-0.39, 0.29) is 6.04 Å². The maximum Gasteiger partial charge on any atom is 0.151 e. The highest BCUT2D eigenvalue weighted by molar-refractivity contribution is 4.98. The van der Waals surface area contributed by atoms with Crippen molar-refractivity contribution in [2.45, 2.75) is 46.1 Å². The van der Waals surface area contributed by atoms with E-state index < -0.39 is 0 Å². The molecule has 0 spiro atoms. The number of aryl methyl sites for hydroxylation is 2. The number of hydrogen-bond acceptors (Lipinski definition) is 3. The third-order valence-corrected chi connectivity index (χ3v) is 2.37. The Bertz CT molecular complexity index is 304. The molecule has 86 valence electrons. The van der Waals surface area contributed by atoms with E-state index >= 15 is 0 Å². The van der Waals surface area contributed by atoms with Crippen LogP contribution in [0.2, 0.25) is 0 Å². The Balaban J connectivity index is 2.75. The molecule has 1 rings (SSSR count). The van der Waals surface area contributed by atoms with Gasteiger partial charge in [-0.2, -0.15) is 5.10 Å². The van der Waals surface area contributed by atoms with Crippen LogP contribution in [0.25, 0.3) is 0 Å². The SMILES string of the molecule is CCCc1nc(C(N)CC(C)C)n(C)n1. The van der Waals surface area contributed by atoms with Gasteiger partial charge >= 0.3 is 0 Å². The molecule has 1 aromatic heterocycles. The predicted octanol–water partition coefficient (Wildman–Crippen LogP) is 1.81. The fraction of sp³-hybridized carbons (Fsp3) is 0.818. The molecule has 4 nitrogen and oxygen atoms in total. The Morgan fingerprint density at radius 1 is 1.40 bits per heavy atom. The molecule has 0 amide bonds. The largest absolute Gasteiger partial charge is 0.321 e. The molecule has 1 unspecified atom stereocenters. The molecular weight excluding hydrogens is 188 g/mol. The van der Waals surface area contributed by atoms with Crippen LogP contribution in [0.15, 0.2) is 0 Å². The van der Waals surface area contributed by atoms with Crippen LogP contribution in [0, 0.1) is 5.92 Å². The van der Waals surface area contributed by atoms with E-state index in [0.29, 0.717) is 5.92 Å². The number of hydrogen-bond donors (Lipinski definition) is 1. The second-order valence-corrected chi connectivity index (χ2v) is 4.50. The minimum Gasteiger partial charge on any atom is -0.321 e. The maximum atomic E-state index is 6.08. The van der Waals surface area contributed by atoms with Crippen molar-refractivity contribution >= 4 is 0 Å². The summed E-state index contributed by atoms with van der Waals surface area (Å²) < 4.78 is 1.82. The van der Waals surface area contributed by atoms with Gasteiger partial charge in [0, 0.05) is 13.5 Å². The van der Waals surface area contributed by atoms with Crippen molar-refractivity contribution in [3.8, 4) is 0 Å². The summed E-state index contributed by atoms with van der Waals surface area (Å²) in [7, 11) is 1.92. The zero-order valence-electron chi connectivity index (χ0n) is 10.2. The number of aromatic nitrogens is 3. The maximum absolute atomic E-state index is 6.08. The zero-order valence-corrected chi connectivity index (χ0v) is 10.2. The zero-order chi connectivity index (χ0) is 11.4. The average molecular weight is 210 g/mol. The molecule has 0 saturated heterocycles. The third kappa shape index (κ3) is 3.30. The Labute approximate surface area is 91.9 Å². The van der Waals surface area contributed by atoms with Crippen molar-refractivity contribution in [1.82, 2.24) is 14.8 Å².